The number of para-hydroxylation sites is 2. The predicted molar refractivity (Wildman–Crippen MR) is 123 cm³/mol. The molecule has 0 atom stereocenters. The minimum absolute atomic E-state index is 0.0755. The molecule has 1 aliphatic heterocycles. The van der Waals surface area contributed by atoms with Gasteiger partial charge in [0.1, 0.15) is 5.69 Å². The molecule has 2 aromatic rings. The lowest BCUT2D eigenvalue weighted by Crippen LogP contribution is -2.38. The van der Waals surface area contributed by atoms with Crippen LogP contribution >= 0.6 is 0 Å². The molecule has 32 heavy (non-hydrogen) atoms. The number of ether oxygens (including phenoxy) is 1. The number of nitrogens with zero attached hydrogens (tertiary/aromatic N) is 3. The van der Waals surface area contributed by atoms with E-state index in [-0.39, 0.29) is 22.4 Å². The number of hydrogen-bond donors (Lipinski definition) is 1. The first-order chi connectivity index (χ1) is 15.6. The number of rotatable bonds is 7. The lowest BCUT2D eigenvalue weighted by Gasteiger charge is -2.32. The molecule has 1 amide bonds. The highest BCUT2D eigenvalue weighted by molar-refractivity contribution is 5.93. The molecule has 1 saturated heterocycles. The Labute approximate surface area is 188 Å². The van der Waals surface area contributed by atoms with Crippen molar-refractivity contribution in [1.29, 1.82) is 0 Å². The number of amides is 1. The standard InChI is InChI=1S/C24H30N4O4/c29-24(19-12-15-27(16-13-19)20-9-4-5-10-21(20)28(30)31)26-23-22(11-6-14-25-23)32-17-18-7-2-1-3-8-18/h4-6,9-11,14,18-19H,1-3,7-8,12-13,15-17H2,(H,25,26,29). The fourth-order valence-electron chi connectivity index (χ4n) is 4.65. The molecule has 1 aliphatic carbocycles. The molecule has 4 rings (SSSR count). The van der Waals surface area contributed by atoms with Gasteiger partial charge >= 0.3 is 0 Å². The summed E-state index contributed by atoms with van der Waals surface area (Å²) in [4.78, 5) is 30.2. The maximum atomic E-state index is 12.9. The van der Waals surface area contributed by atoms with Crippen molar-refractivity contribution in [2.24, 2.45) is 11.8 Å². The molecule has 0 spiro atoms. The quantitative estimate of drug-likeness (QED) is 0.492. The second kappa shape index (κ2) is 10.4. The van der Waals surface area contributed by atoms with Gasteiger partial charge in [-0.25, -0.2) is 4.98 Å². The Morgan fingerprint density at radius 2 is 1.84 bits per heavy atom. The molecule has 0 bridgehead atoms. The second-order valence-corrected chi connectivity index (χ2v) is 8.66. The summed E-state index contributed by atoms with van der Waals surface area (Å²) in [6.07, 6.45) is 9.12. The SMILES string of the molecule is O=C(Nc1ncccc1OCC1CCCCC1)C1CCN(c2ccccc2[N+](=O)[O-])CC1. The number of hydrogen-bond acceptors (Lipinski definition) is 6. The Kier molecular flexibility index (Phi) is 7.19. The Morgan fingerprint density at radius 1 is 1.09 bits per heavy atom. The molecule has 1 aromatic carbocycles. The summed E-state index contributed by atoms with van der Waals surface area (Å²) in [6, 6.07) is 10.4. The summed E-state index contributed by atoms with van der Waals surface area (Å²) < 4.78 is 6.03. The second-order valence-electron chi connectivity index (χ2n) is 8.66. The van der Waals surface area contributed by atoms with Crippen LogP contribution in [0.15, 0.2) is 42.6 Å². The van der Waals surface area contributed by atoms with E-state index in [1.165, 1.54) is 38.2 Å². The van der Waals surface area contributed by atoms with Gasteiger partial charge in [0.2, 0.25) is 5.91 Å². The van der Waals surface area contributed by atoms with Crippen molar-refractivity contribution in [2.45, 2.75) is 44.9 Å². The molecule has 0 unspecified atom stereocenters. The molecular weight excluding hydrogens is 408 g/mol. The van der Waals surface area contributed by atoms with E-state index in [4.69, 9.17) is 4.74 Å². The fraction of sp³-hybridized carbons (Fsp3) is 0.500. The summed E-state index contributed by atoms with van der Waals surface area (Å²) in [5, 5.41) is 14.3. The van der Waals surface area contributed by atoms with Crippen LogP contribution in [0.4, 0.5) is 17.2 Å². The van der Waals surface area contributed by atoms with Gasteiger partial charge in [-0.2, -0.15) is 0 Å². The van der Waals surface area contributed by atoms with Crippen LogP contribution in [0.3, 0.4) is 0 Å². The summed E-state index contributed by atoms with van der Waals surface area (Å²) in [5.74, 6) is 1.41. The molecule has 2 heterocycles. The van der Waals surface area contributed by atoms with Gasteiger partial charge in [-0.05, 0) is 49.8 Å². The van der Waals surface area contributed by atoms with E-state index in [0.29, 0.717) is 55.7 Å². The third kappa shape index (κ3) is 5.36. The van der Waals surface area contributed by atoms with Crippen LogP contribution < -0.4 is 15.0 Å². The largest absolute Gasteiger partial charge is 0.489 e. The molecular formula is C24H30N4O4. The molecule has 8 heteroatoms. The molecule has 2 aliphatic rings. The average Bonchev–Trinajstić information content (AvgIpc) is 2.84. The zero-order valence-electron chi connectivity index (χ0n) is 18.2. The van der Waals surface area contributed by atoms with Gasteiger partial charge in [0.05, 0.1) is 11.5 Å². The number of carbonyl (C=O) groups excluding carboxylic acids is 1. The number of anilines is 2. The molecule has 0 radical (unpaired) electrons. The first kappa shape index (κ1) is 22.0. The van der Waals surface area contributed by atoms with E-state index >= 15 is 0 Å². The van der Waals surface area contributed by atoms with Crippen molar-refractivity contribution in [3.63, 3.8) is 0 Å². The zero-order chi connectivity index (χ0) is 22.3. The highest BCUT2D eigenvalue weighted by Gasteiger charge is 2.28. The normalized spacial score (nSPS) is 17.7. The van der Waals surface area contributed by atoms with E-state index < -0.39 is 0 Å². The van der Waals surface area contributed by atoms with Crippen molar-refractivity contribution in [1.82, 2.24) is 4.98 Å². The number of nitro benzene ring substituents is 1. The number of nitro groups is 1. The number of pyridine rings is 1. The van der Waals surface area contributed by atoms with Crippen LogP contribution in [0.1, 0.15) is 44.9 Å². The van der Waals surface area contributed by atoms with Crippen molar-refractivity contribution in [3.05, 3.63) is 52.7 Å². The first-order valence-electron chi connectivity index (χ1n) is 11.5. The smallest absolute Gasteiger partial charge is 0.292 e. The van der Waals surface area contributed by atoms with Crippen LogP contribution in [-0.4, -0.2) is 35.5 Å². The Bertz CT molecular complexity index is 937. The molecule has 1 saturated carbocycles. The van der Waals surface area contributed by atoms with Gasteiger partial charge in [-0.3, -0.25) is 14.9 Å². The number of aromatic nitrogens is 1. The molecule has 170 valence electrons. The van der Waals surface area contributed by atoms with Gasteiger partial charge in [-0.1, -0.05) is 31.4 Å². The highest BCUT2D eigenvalue weighted by atomic mass is 16.6. The van der Waals surface area contributed by atoms with Crippen LogP contribution in [0.25, 0.3) is 0 Å². The fourth-order valence-corrected chi connectivity index (χ4v) is 4.65. The van der Waals surface area contributed by atoms with Crippen LogP contribution in [0, 0.1) is 22.0 Å². The number of piperidine rings is 1. The maximum absolute atomic E-state index is 12.9. The summed E-state index contributed by atoms with van der Waals surface area (Å²) >= 11 is 0. The zero-order valence-corrected chi connectivity index (χ0v) is 18.2. The topological polar surface area (TPSA) is 97.6 Å². The van der Waals surface area contributed by atoms with Gasteiger partial charge in [0, 0.05) is 31.3 Å². The monoisotopic (exact) mass is 438 g/mol. The minimum Gasteiger partial charge on any atom is -0.489 e. The molecule has 2 fully saturated rings. The summed E-state index contributed by atoms with van der Waals surface area (Å²) in [7, 11) is 0. The van der Waals surface area contributed by atoms with Gasteiger partial charge in [0.25, 0.3) is 5.69 Å². The van der Waals surface area contributed by atoms with E-state index in [9.17, 15) is 14.9 Å². The van der Waals surface area contributed by atoms with Crippen LogP contribution in [0.5, 0.6) is 5.75 Å². The third-order valence-corrected chi connectivity index (χ3v) is 6.50. The lowest BCUT2D eigenvalue weighted by atomic mass is 9.90. The van der Waals surface area contributed by atoms with E-state index in [1.54, 1.807) is 24.4 Å². The van der Waals surface area contributed by atoms with Crippen LogP contribution in [-0.2, 0) is 4.79 Å². The number of carbonyl (C=O) groups is 1. The highest BCUT2D eigenvalue weighted by Crippen LogP contribution is 2.32. The van der Waals surface area contributed by atoms with Gasteiger partial charge < -0.3 is 15.0 Å². The van der Waals surface area contributed by atoms with E-state index in [2.05, 4.69) is 10.3 Å². The van der Waals surface area contributed by atoms with Crippen molar-refractivity contribution in [3.8, 4) is 5.75 Å². The number of benzene rings is 1. The summed E-state index contributed by atoms with van der Waals surface area (Å²) in [6.45, 7) is 1.84. The van der Waals surface area contributed by atoms with Gasteiger partial charge in [-0.15, -0.1) is 0 Å². The van der Waals surface area contributed by atoms with Crippen molar-refractivity contribution < 1.29 is 14.5 Å². The molecule has 1 aromatic heterocycles. The van der Waals surface area contributed by atoms with E-state index in [0.717, 1.165) is 0 Å². The van der Waals surface area contributed by atoms with Crippen LogP contribution in [0.2, 0.25) is 0 Å². The maximum Gasteiger partial charge on any atom is 0.292 e. The van der Waals surface area contributed by atoms with Crippen molar-refractivity contribution >= 4 is 23.1 Å². The van der Waals surface area contributed by atoms with Gasteiger partial charge in [0.15, 0.2) is 11.6 Å². The number of nitrogens with one attached hydrogen (secondary N) is 1. The van der Waals surface area contributed by atoms with Crippen molar-refractivity contribution in [2.75, 3.05) is 29.9 Å². The third-order valence-electron chi connectivity index (χ3n) is 6.50. The Morgan fingerprint density at radius 3 is 2.59 bits per heavy atom. The Hall–Kier alpha value is -3.16. The summed E-state index contributed by atoms with van der Waals surface area (Å²) in [5.41, 5.74) is 0.711. The minimum atomic E-state index is -0.357. The average molecular weight is 439 g/mol. The predicted octanol–water partition coefficient (Wildman–Crippen LogP) is 4.80. The first-order valence-corrected chi connectivity index (χ1v) is 11.5. The lowest BCUT2D eigenvalue weighted by molar-refractivity contribution is -0.384. The molecule has 8 nitrogen and oxygen atoms in total. The van der Waals surface area contributed by atoms with E-state index in [1.807, 2.05) is 17.0 Å². The molecule has 1 N–H and O–H groups in total. The Balaban J connectivity index is 1.33.